The first-order valence-electron chi connectivity index (χ1n) is 7.87. The third-order valence-corrected chi connectivity index (χ3v) is 5.62. The molecule has 1 N–H and O–H groups in total. The zero-order valence-electron chi connectivity index (χ0n) is 12.6. The predicted molar refractivity (Wildman–Crippen MR) is 84.1 cm³/mol. The molecule has 0 aromatic rings. The minimum Gasteiger partial charge on any atom is -0.383 e. The molecule has 5 heteroatoms. The fraction of sp³-hybridized carbons (Fsp3) is 0.933. The fourth-order valence-electron chi connectivity index (χ4n) is 3.13. The number of thioether (sulfide) groups is 1. The van der Waals surface area contributed by atoms with Gasteiger partial charge in [0.25, 0.3) is 0 Å². The Labute approximate surface area is 127 Å². The summed E-state index contributed by atoms with van der Waals surface area (Å²) in [4.78, 5) is 14.3. The molecular formula is C15H28N2O2S. The number of hydrogen-bond acceptors (Lipinski definition) is 4. The van der Waals surface area contributed by atoms with Crippen LogP contribution in [0.5, 0.6) is 0 Å². The normalized spacial score (nSPS) is 24.9. The Balaban J connectivity index is 1.56. The van der Waals surface area contributed by atoms with Gasteiger partial charge in [0.05, 0.1) is 6.61 Å². The predicted octanol–water partition coefficient (Wildman–Crippen LogP) is 1.75. The molecule has 1 amide bonds. The van der Waals surface area contributed by atoms with Crippen molar-refractivity contribution < 1.29 is 9.53 Å². The molecule has 0 aliphatic carbocycles. The molecule has 1 unspecified atom stereocenters. The van der Waals surface area contributed by atoms with E-state index in [9.17, 15) is 4.79 Å². The van der Waals surface area contributed by atoms with E-state index >= 15 is 0 Å². The average Bonchev–Trinajstić information content (AvgIpc) is 3.00. The molecule has 4 nitrogen and oxygen atoms in total. The van der Waals surface area contributed by atoms with Crippen LogP contribution in [0.3, 0.4) is 0 Å². The van der Waals surface area contributed by atoms with Crippen LogP contribution >= 0.6 is 11.8 Å². The highest BCUT2D eigenvalue weighted by Crippen LogP contribution is 2.28. The van der Waals surface area contributed by atoms with Gasteiger partial charge in [0.2, 0.25) is 5.91 Å². The van der Waals surface area contributed by atoms with Crippen LogP contribution in [-0.2, 0) is 9.53 Å². The van der Waals surface area contributed by atoms with Crippen molar-refractivity contribution in [2.24, 2.45) is 5.92 Å². The lowest BCUT2D eigenvalue weighted by molar-refractivity contribution is -0.121. The van der Waals surface area contributed by atoms with Crippen LogP contribution in [0.2, 0.25) is 0 Å². The van der Waals surface area contributed by atoms with Crippen molar-refractivity contribution in [2.75, 3.05) is 44.9 Å². The molecule has 0 aromatic heterocycles. The maximum absolute atomic E-state index is 11.7. The van der Waals surface area contributed by atoms with Crippen molar-refractivity contribution in [2.45, 2.75) is 38.1 Å². The highest BCUT2D eigenvalue weighted by atomic mass is 32.2. The van der Waals surface area contributed by atoms with Crippen LogP contribution in [0.1, 0.15) is 32.1 Å². The van der Waals surface area contributed by atoms with E-state index in [1.54, 1.807) is 7.11 Å². The van der Waals surface area contributed by atoms with Crippen molar-refractivity contribution in [3.05, 3.63) is 0 Å². The van der Waals surface area contributed by atoms with Gasteiger partial charge >= 0.3 is 0 Å². The summed E-state index contributed by atoms with van der Waals surface area (Å²) in [5, 5.41) is 2.90. The fourth-order valence-corrected chi connectivity index (χ4v) is 4.39. The molecule has 2 aliphatic heterocycles. The molecule has 2 rings (SSSR count). The van der Waals surface area contributed by atoms with Gasteiger partial charge in [-0.05, 0) is 50.4 Å². The van der Waals surface area contributed by atoms with Crippen molar-refractivity contribution in [1.29, 1.82) is 0 Å². The third-order valence-electron chi connectivity index (χ3n) is 4.48. The summed E-state index contributed by atoms with van der Waals surface area (Å²) in [6, 6.07) is 0.832. The third kappa shape index (κ3) is 5.26. The number of amides is 1. The van der Waals surface area contributed by atoms with E-state index in [-0.39, 0.29) is 5.91 Å². The van der Waals surface area contributed by atoms with E-state index in [2.05, 4.69) is 22.0 Å². The van der Waals surface area contributed by atoms with Gasteiger partial charge in [0.1, 0.15) is 0 Å². The summed E-state index contributed by atoms with van der Waals surface area (Å²) in [6.45, 7) is 3.71. The Hall–Kier alpha value is -0.260. The number of ether oxygens (including phenoxy) is 1. The van der Waals surface area contributed by atoms with Crippen molar-refractivity contribution in [1.82, 2.24) is 10.2 Å². The van der Waals surface area contributed by atoms with Crippen LogP contribution in [0, 0.1) is 5.92 Å². The Bertz CT molecular complexity index is 288. The van der Waals surface area contributed by atoms with E-state index in [4.69, 9.17) is 4.74 Å². The molecule has 2 saturated heterocycles. The Morgan fingerprint density at radius 3 is 2.80 bits per heavy atom. The van der Waals surface area contributed by atoms with E-state index in [1.807, 2.05) is 0 Å². The highest BCUT2D eigenvalue weighted by Gasteiger charge is 2.27. The van der Waals surface area contributed by atoms with Crippen LogP contribution < -0.4 is 5.32 Å². The zero-order chi connectivity index (χ0) is 14.2. The van der Waals surface area contributed by atoms with Crippen LogP contribution in [0.4, 0.5) is 0 Å². The second-order valence-corrected chi connectivity index (χ2v) is 7.03. The van der Waals surface area contributed by atoms with Crippen molar-refractivity contribution in [3.8, 4) is 0 Å². The number of hydrogen-bond donors (Lipinski definition) is 1. The lowest BCUT2D eigenvalue weighted by Gasteiger charge is -2.35. The van der Waals surface area contributed by atoms with Gasteiger partial charge in [0.15, 0.2) is 0 Å². The summed E-state index contributed by atoms with van der Waals surface area (Å²) < 4.78 is 4.93. The number of rotatable bonds is 7. The molecule has 2 fully saturated rings. The van der Waals surface area contributed by atoms with E-state index in [1.165, 1.54) is 43.9 Å². The molecular weight excluding hydrogens is 272 g/mol. The number of carbonyl (C=O) groups excluding carboxylic acids is 1. The first-order chi connectivity index (χ1) is 9.79. The van der Waals surface area contributed by atoms with E-state index in [0.717, 1.165) is 18.4 Å². The zero-order valence-corrected chi connectivity index (χ0v) is 13.4. The van der Waals surface area contributed by atoms with Crippen LogP contribution in [0.15, 0.2) is 0 Å². The minimum atomic E-state index is 0.177. The molecule has 0 bridgehead atoms. The number of nitrogens with zero attached hydrogens (tertiary/aromatic N) is 1. The molecule has 0 radical (unpaired) electrons. The lowest BCUT2D eigenvalue weighted by atomic mass is 9.91. The monoisotopic (exact) mass is 300 g/mol. The van der Waals surface area contributed by atoms with Crippen molar-refractivity contribution in [3.63, 3.8) is 0 Å². The summed E-state index contributed by atoms with van der Waals surface area (Å²) >= 11 is 2.10. The van der Waals surface area contributed by atoms with Gasteiger partial charge < -0.3 is 10.1 Å². The molecule has 2 aliphatic rings. The largest absolute Gasteiger partial charge is 0.383 e. The minimum absolute atomic E-state index is 0.177. The molecule has 2 heterocycles. The van der Waals surface area contributed by atoms with E-state index in [0.29, 0.717) is 19.6 Å². The standard InChI is InChI=1S/C15H28N2O2S/c1-19-10-7-16-15(18)3-2-13-4-8-17(9-5-13)14-6-11-20-12-14/h13-14H,2-12H2,1H3,(H,16,18). The number of likely N-dealkylation sites (tertiary alicyclic amines) is 1. The summed E-state index contributed by atoms with van der Waals surface area (Å²) in [7, 11) is 1.66. The summed E-state index contributed by atoms with van der Waals surface area (Å²) in [5.41, 5.74) is 0. The molecule has 0 aromatic carbocycles. The average molecular weight is 300 g/mol. The van der Waals surface area contributed by atoms with Gasteiger partial charge in [-0.2, -0.15) is 11.8 Å². The highest BCUT2D eigenvalue weighted by molar-refractivity contribution is 7.99. The maximum Gasteiger partial charge on any atom is 0.220 e. The lowest BCUT2D eigenvalue weighted by Crippen LogP contribution is -2.41. The van der Waals surface area contributed by atoms with Gasteiger partial charge in [0, 0.05) is 31.9 Å². The number of methoxy groups -OCH3 is 1. The SMILES string of the molecule is COCCNC(=O)CCC1CCN(C2CCSC2)CC1. The van der Waals surface area contributed by atoms with Crippen LogP contribution in [0.25, 0.3) is 0 Å². The quantitative estimate of drug-likeness (QED) is 0.727. The second kappa shape index (κ2) is 8.90. The maximum atomic E-state index is 11.7. The Morgan fingerprint density at radius 2 is 2.15 bits per heavy atom. The Morgan fingerprint density at radius 1 is 1.35 bits per heavy atom. The topological polar surface area (TPSA) is 41.6 Å². The second-order valence-electron chi connectivity index (χ2n) is 5.88. The molecule has 116 valence electrons. The Kier molecular flexibility index (Phi) is 7.17. The van der Waals surface area contributed by atoms with Crippen LogP contribution in [-0.4, -0.2) is 61.7 Å². The first kappa shape index (κ1) is 16.1. The molecule has 1 atom stereocenters. The first-order valence-corrected chi connectivity index (χ1v) is 9.02. The van der Waals surface area contributed by atoms with Crippen molar-refractivity contribution >= 4 is 17.7 Å². The molecule has 0 saturated carbocycles. The van der Waals surface area contributed by atoms with Gasteiger partial charge in [-0.1, -0.05) is 0 Å². The summed E-state index contributed by atoms with van der Waals surface area (Å²) in [6.07, 6.45) is 5.63. The number of piperidine rings is 1. The van der Waals surface area contributed by atoms with Gasteiger partial charge in [-0.3, -0.25) is 9.69 Å². The number of nitrogens with one attached hydrogen (secondary N) is 1. The van der Waals surface area contributed by atoms with Gasteiger partial charge in [-0.15, -0.1) is 0 Å². The smallest absolute Gasteiger partial charge is 0.220 e. The van der Waals surface area contributed by atoms with Gasteiger partial charge in [-0.25, -0.2) is 0 Å². The van der Waals surface area contributed by atoms with E-state index < -0.39 is 0 Å². The summed E-state index contributed by atoms with van der Waals surface area (Å²) in [5.74, 6) is 3.59. The molecule has 0 spiro atoms. The number of carbonyl (C=O) groups is 1. The molecule has 20 heavy (non-hydrogen) atoms.